The van der Waals surface area contributed by atoms with Gasteiger partial charge in [-0.15, -0.1) is 0 Å². The van der Waals surface area contributed by atoms with Crippen LogP contribution in [0.25, 0.3) is 0 Å². The number of carbonyl (C=O) groups is 2. The first-order valence-corrected chi connectivity index (χ1v) is 5.25. The van der Waals surface area contributed by atoms with Crippen LogP contribution in [0.5, 0.6) is 0 Å². The summed E-state index contributed by atoms with van der Waals surface area (Å²) in [6.07, 6.45) is 0.422. The number of benzene rings is 1. The van der Waals surface area contributed by atoms with Crippen LogP contribution in [0.3, 0.4) is 0 Å². The molecule has 84 valence electrons. The predicted molar refractivity (Wildman–Crippen MR) is 60.2 cm³/mol. The van der Waals surface area contributed by atoms with Crippen molar-refractivity contribution in [2.24, 2.45) is 0 Å². The maximum Gasteiger partial charge on any atom is 0.322 e. The Labute approximate surface area is 98.0 Å². The molecule has 1 aliphatic heterocycles. The lowest BCUT2D eigenvalue weighted by molar-refractivity contribution is -0.123. The number of nitrogens with one attached hydrogen (secondary N) is 2. The summed E-state index contributed by atoms with van der Waals surface area (Å²) in [6, 6.07) is 6.78. The van der Waals surface area contributed by atoms with E-state index in [2.05, 4.69) is 10.6 Å². The molecule has 0 spiro atoms. The van der Waals surface area contributed by atoms with Gasteiger partial charge in [0.15, 0.2) is 0 Å². The van der Waals surface area contributed by atoms with Crippen molar-refractivity contribution >= 4 is 23.5 Å². The first kappa shape index (κ1) is 11.0. The molecular formula is C11H11ClN2O2. The van der Waals surface area contributed by atoms with Crippen molar-refractivity contribution in [3.63, 3.8) is 0 Å². The molecule has 1 aliphatic rings. The highest BCUT2D eigenvalue weighted by Gasteiger charge is 2.41. The Morgan fingerprint density at radius 1 is 1.38 bits per heavy atom. The molecule has 1 aromatic rings. The average Bonchev–Trinajstić information content (AvgIpc) is 2.39. The number of imide groups is 1. The van der Waals surface area contributed by atoms with Gasteiger partial charge >= 0.3 is 6.03 Å². The van der Waals surface area contributed by atoms with E-state index in [1.54, 1.807) is 19.1 Å². The Morgan fingerprint density at radius 3 is 2.69 bits per heavy atom. The van der Waals surface area contributed by atoms with Crippen LogP contribution >= 0.6 is 11.6 Å². The number of halogens is 1. The van der Waals surface area contributed by atoms with Crippen molar-refractivity contribution in [2.75, 3.05) is 0 Å². The summed E-state index contributed by atoms with van der Waals surface area (Å²) in [5.74, 6) is -0.308. The van der Waals surface area contributed by atoms with E-state index in [9.17, 15) is 9.59 Å². The second kappa shape index (κ2) is 3.79. The van der Waals surface area contributed by atoms with E-state index in [1.165, 1.54) is 0 Å². The Kier molecular flexibility index (Phi) is 2.59. The van der Waals surface area contributed by atoms with Crippen LogP contribution < -0.4 is 10.6 Å². The van der Waals surface area contributed by atoms with Crippen LogP contribution in [-0.2, 0) is 11.2 Å². The highest BCUT2D eigenvalue weighted by Crippen LogP contribution is 2.19. The second-order valence-electron chi connectivity index (χ2n) is 4.05. The van der Waals surface area contributed by atoms with Crippen molar-refractivity contribution in [1.29, 1.82) is 0 Å². The first-order valence-electron chi connectivity index (χ1n) is 4.88. The first-order chi connectivity index (χ1) is 7.49. The van der Waals surface area contributed by atoms with Crippen molar-refractivity contribution in [3.8, 4) is 0 Å². The number of amides is 3. The third-order valence-electron chi connectivity index (χ3n) is 2.56. The molecule has 0 aliphatic carbocycles. The Balaban J connectivity index is 2.21. The molecular weight excluding hydrogens is 228 g/mol. The zero-order chi connectivity index (χ0) is 11.8. The minimum absolute atomic E-state index is 0.308. The third kappa shape index (κ3) is 2.02. The van der Waals surface area contributed by atoms with Gasteiger partial charge in [-0.25, -0.2) is 4.79 Å². The number of carbonyl (C=O) groups excluding carboxylic acids is 2. The van der Waals surface area contributed by atoms with Crippen LogP contribution in [0.2, 0.25) is 5.02 Å². The summed E-state index contributed by atoms with van der Waals surface area (Å²) in [4.78, 5) is 22.6. The van der Waals surface area contributed by atoms with Crippen LogP contribution in [0.15, 0.2) is 24.3 Å². The summed E-state index contributed by atoms with van der Waals surface area (Å²) in [5.41, 5.74) is 0.0224. The smallest absolute Gasteiger partial charge is 0.322 e. The van der Waals surface area contributed by atoms with Gasteiger partial charge in [-0.1, -0.05) is 23.7 Å². The summed E-state index contributed by atoms with van der Waals surface area (Å²) in [7, 11) is 0. The second-order valence-corrected chi connectivity index (χ2v) is 4.48. The minimum atomic E-state index is -0.887. The Hall–Kier alpha value is -1.55. The van der Waals surface area contributed by atoms with Gasteiger partial charge in [0.2, 0.25) is 0 Å². The monoisotopic (exact) mass is 238 g/mol. The number of rotatable bonds is 2. The van der Waals surface area contributed by atoms with Crippen LogP contribution in [0.1, 0.15) is 12.5 Å². The van der Waals surface area contributed by atoms with E-state index < -0.39 is 11.6 Å². The quantitative estimate of drug-likeness (QED) is 0.767. The number of hydrogen-bond donors (Lipinski definition) is 2. The van der Waals surface area contributed by atoms with Gasteiger partial charge in [-0.2, -0.15) is 0 Å². The molecule has 5 heteroatoms. The topological polar surface area (TPSA) is 58.2 Å². The van der Waals surface area contributed by atoms with Crippen LogP contribution in [0, 0.1) is 0 Å². The van der Waals surface area contributed by atoms with Gasteiger partial charge < -0.3 is 5.32 Å². The van der Waals surface area contributed by atoms with Crippen molar-refractivity contribution in [3.05, 3.63) is 34.9 Å². The van der Waals surface area contributed by atoms with Crippen LogP contribution in [-0.4, -0.2) is 17.5 Å². The van der Waals surface area contributed by atoms with E-state index in [4.69, 9.17) is 11.6 Å². The highest BCUT2D eigenvalue weighted by atomic mass is 35.5. The molecule has 1 fully saturated rings. The van der Waals surface area contributed by atoms with E-state index in [0.29, 0.717) is 11.4 Å². The SMILES string of the molecule is CC1(Cc2cccc(Cl)c2)NC(=O)NC1=O. The number of hydrogen-bond acceptors (Lipinski definition) is 2. The third-order valence-corrected chi connectivity index (χ3v) is 2.80. The summed E-state index contributed by atoms with van der Waals surface area (Å²) in [5, 5.41) is 5.44. The fraction of sp³-hybridized carbons (Fsp3) is 0.273. The minimum Gasteiger partial charge on any atom is -0.323 e. The van der Waals surface area contributed by atoms with E-state index in [0.717, 1.165) is 5.56 Å². The summed E-state index contributed by atoms with van der Waals surface area (Å²) in [6.45, 7) is 1.69. The maximum atomic E-state index is 11.6. The highest BCUT2D eigenvalue weighted by molar-refractivity contribution is 6.30. The Morgan fingerprint density at radius 2 is 2.12 bits per heavy atom. The van der Waals surface area contributed by atoms with Crippen LogP contribution in [0.4, 0.5) is 4.79 Å². The fourth-order valence-electron chi connectivity index (χ4n) is 1.76. The van der Waals surface area contributed by atoms with Gasteiger partial charge in [0, 0.05) is 11.4 Å². The van der Waals surface area contributed by atoms with E-state index >= 15 is 0 Å². The molecule has 1 heterocycles. The summed E-state index contributed by atoms with van der Waals surface area (Å²) >= 11 is 5.85. The molecule has 0 radical (unpaired) electrons. The van der Waals surface area contributed by atoms with E-state index in [1.807, 2.05) is 12.1 Å². The molecule has 0 bridgehead atoms. The lowest BCUT2D eigenvalue weighted by Crippen LogP contribution is -2.45. The van der Waals surface area contributed by atoms with Crippen molar-refractivity contribution in [1.82, 2.24) is 10.6 Å². The van der Waals surface area contributed by atoms with Gasteiger partial charge in [-0.3, -0.25) is 10.1 Å². The molecule has 0 aromatic heterocycles. The van der Waals surface area contributed by atoms with Gasteiger partial charge in [0.25, 0.3) is 5.91 Å². The maximum absolute atomic E-state index is 11.6. The lowest BCUT2D eigenvalue weighted by atomic mass is 9.93. The van der Waals surface area contributed by atoms with E-state index in [-0.39, 0.29) is 5.91 Å². The molecule has 1 unspecified atom stereocenters. The Bertz CT molecular complexity index is 461. The normalized spacial score (nSPS) is 24.1. The molecule has 2 rings (SSSR count). The molecule has 16 heavy (non-hydrogen) atoms. The lowest BCUT2D eigenvalue weighted by Gasteiger charge is -2.20. The largest absolute Gasteiger partial charge is 0.323 e. The molecule has 1 aromatic carbocycles. The molecule has 0 saturated carbocycles. The zero-order valence-corrected chi connectivity index (χ0v) is 9.47. The van der Waals surface area contributed by atoms with Crippen molar-refractivity contribution in [2.45, 2.75) is 18.9 Å². The predicted octanol–water partition coefficient (Wildman–Crippen LogP) is 1.48. The standard InChI is InChI=1S/C11H11ClN2O2/c1-11(9(15)13-10(16)14-11)6-7-3-2-4-8(12)5-7/h2-5H,6H2,1H3,(H2,13,14,15,16). The average molecular weight is 239 g/mol. The van der Waals surface area contributed by atoms with Gasteiger partial charge in [0.1, 0.15) is 5.54 Å². The molecule has 4 nitrogen and oxygen atoms in total. The number of urea groups is 1. The fourth-order valence-corrected chi connectivity index (χ4v) is 1.97. The molecule has 3 amide bonds. The molecule has 1 saturated heterocycles. The van der Waals surface area contributed by atoms with Gasteiger partial charge in [-0.05, 0) is 24.6 Å². The summed E-state index contributed by atoms with van der Waals surface area (Å²) < 4.78 is 0. The zero-order valence-electron chi connectivity index (χ0n) is 8.71. The molecule has 1 atom stereocenters. The van der Waals surface area contributed by atoms with Gasteiger partial charge in [0.05, 0.1) is 0 Å². The van der Waals surface area contributed by atoms with Crippen molar-refractivity contribution < 1.29 is 9.59 Å². The molecule has 2 N–H and O–H groups in total.